The van der Waals surface area contributed by atoms with Gasteiger partial charge in [-0.1, -0.05) is 0 Å². The maximum atomic E-state index is 13.0. The molecule has 0 radical (unpaired) electrons. The zero-order valence-electron chi connectivity index (χ0n) is 16.1. The van der Waals surface area contributed by atoms with Crippen molar-refractivity contribution < 1.29 is 27.4 Å². The fraction of sp³-hybridized carbons (Fsp3) is 0.588. The third-order valence-electron chi connectivity index (χ3n) is 3.95. The molecule has 152 valence electrons. The molecule has 0 saturated carbocycles. The van der Waals surface area contributed by atoms with Gasteiger partial charge < -0.3 is 19.1 Å². The molecular formula is C17H25BrN2O6S. The number of sulfonamides is 1. The molecule has 0 aliphatic carbocycles. The first kappa shape index (κ1) is 21.8. The van der Waals surface area contributed by atoms with E-state index in [2.05, 4.69) is 15.9 Å². The molecule has 2 rings (SSSR count). The summed E-state index contributed by atoms with van der Waals surface area (Å²) in [5.41, 5.74) is -0.592. The highest BCUT2D eigenvalue weighted by Gasteiger charge is 2.33. The van der Waals surface area contributed by atoms with Gasteiger partial charge in [0.25, 0.3) is 0 Å². The molecule has 0 bridgehead atoms. The molecule has 1 heterocycles. The fourth-order valence-corrected chi connectivity index (χ4v) is 5.03. The zero-order chi connectivity index (χ0) is 20.4. The van der Waals surface area contributed by atoms with Gasteiger partial charge in [0.15, 0.2) is 11.5 Å². The van der Waals surface area contributed by atoms with Crippen LogP contribution in [0.2, 0.25) is 0 Å². The molecule has 1 aromatic carbocycles. The van der Waals surface area contributed by atoms with Crippen LogP contribution in [0.3, 0.4) is 0 Å². The zero-order valence-corrected chi connectivity index (χ0v) is 18.5. The van der Waals surface area contributed by atoms with Crippen molar-refractivity contribution in [1.82, 2.24) is 9.21 Å². The summed E-state index contributed by atoms with van der Waals surface area (Å²) in [6.07, 6.45) is -0.438. The van der Waals surface area contributed by atoms with Gasteiger partial charge in [-0.2, -0.15) is 4.31 Å². The Morgan fingerprint density at radius 2 is 1.56 bits per heavy atom. The first-order chi connectivity index (χ1) is 12.5. The van der Waals surface area contributed by atoms with Gasteiger partial charge in [-0.25, -0.2) is 13.2 Å². The van der Waals surface area contributed by atoms with E-state index in [4.69, 9.17) is 14.2 Å². The lowest BCUT2D eigenvalue weighted by atomic mass is 10.2. The highest BCUT2D eigenvalue weighted by Crippen LogP contribution is 2.36. The SMILES string of the molecule is COc1cc(Br)c(S(=O)(=O)N2CCN(C(=O)OC(C)(C)C)CC2)cc1OC. The summed E-state index contributed by atoms with van der Waals surface area (Å²) in [5, 5.41) is 0. The minimum absolute atomic E-state index is 0.0888. The van der Waals surface area contributed by atoms with Crippen LogP contribution in [-0.4, -0.2) is 69.7 Å². The van der Waals surface area contributed by atoms with Crippen LogP contribution in [-0.2, 0) is 14.8 Å². The number of carbonyl (C=O) groups excluding carboxylic acids is 1. The third-order valence-corrected chi connectivity index (χ3v) is 6.80. The molecule has 0 spiro atoms. The lowest BCUT2D eigenvalue weighted by Crippen LogP contribution is -2.51. The molecule has 1 aromatic rings. The number of piperazine rings is 1. The van der Waals surface area contributed by atoms with Crippen LogP contribution < -0.4 is 9.47 Å². The number of carbonyl (C=O) groups is 1. The summed E-state index contributed by atoms with van der Waals surface area (Å²) in [4.78, 5) is 13.7. The minimum atomic E-state index is -3.76. The highest BCUT2D eigenvalue weighted by molar-refractivity contribution is 9.10. The number of nitrogens with zero attached hydrogens (tertiary/aromatic N) is 2. The van der Waals surface area contributed by atoms with Crippen molar-refractivity contribution in [2.75, 3.05) is 40.4 Å². The molecule has 1 aliphatic rings. The highest BCUT2D eigenvalue weighted by atomic mass is 79.9. The Morgan fingerprint density at radius 3 is 2.04 bits per heavy atom. The Bertz CT molecular complexity index is 798. The molecule has 0 unspecified atom stereocenters. The van der Waals surface area contributed by atoms with Gasteiger partial charge in [-0.05, 0) is 42.8 Å². The summed E-state index contributed by atoms with van der Waals surface area (Å²) in [5.74, 6) is 0.754. The summed E-state index contributed by atoms with van der Waals surface area (Å²) in [6, 6.07) is 2.99. The van der Waals surface area contributed by atoms with E-state index in [-0.39, 0.29) is 31.1 Å². The number of hydrogen-bond acceptors (Lipinski definition) is 6. The van der Waals surface area contributed by atoms with Gasteiger partial charge >= 0.3 is 6.09 Å². The lowest BCUT2D eigenvalue weighted by Gasteiger charge is -2.35. The van der Waals surface area contributed by atoms with Gasteiger partial charge in [-0.3, -0.25) is 0 Å². The van der Waals surface area contributed by atoms with Crippen molar-refractivity contribution in [3.05, 3.63) is 16.6 Å². The monoisotopic (exact) mass is 464 g/mol. The standard InChI is InChI=1S/C17H25BrN2O6S/c1-17(2,3)26-16(21)19-6-8-20(9-7-19)27(22,23)15-11-14(25-5)13(24-4)10-12(15)18/h10-11H,6-9H2,1-5H3. The molecule has 1 aliphatic heterocycles. The number of benzene rings is 1. The molecule has 0 aromatic heterocycles. The maximum Gasteiger partial charge on any atom is 0.410 e. The number of methoxy groups -OCH3 is 2. The van der Waals surface area contributed by atoms with Crippen molar-refractivity contribution in [3.8, 4) is 11.5 Å². The largest absolute Gasteiger partial charge is 0.493 e. The number of amides is 1. The van der Waals surface area contributed by atoms with Crippen molar-refractivity contribution in [3.63, 3.8) is 0 Å². The number of halogens is 1. The first-order valence-corrected chi connectivity index (χ1v) is 10.6. The molecule has 0 atom stereocenters. The Labute approximate surface area is 168 Å². The molecule has 10 heteroatoms. The normalized spacial score (nSPS) is 16.1. The van der Waals surface area contributed by atoms with Crippen LogP contribution in [0.25, 0.3) is 0 Å². The molecule has 1 saturated heterocycles. The molecule has 1 fully saturated rings. The van der Waals surface area contributed by atoms with E-state index in [1.165, 1.54) is 29.5 Å². The van der Waals surface area contributed by atoms with Crippen LogP contribution in [0.5, 0.6) is 11.5 Å². The van der Waals surface area contributed by atoms with Gasteiger partial charge in [0.1, 0.15) is 10.5 Å². The Morgan fingerprint density at radius 1 is 1.04 bits per heavy atom. The van der Waals surface area contributed by atoms with Crippen molar-refractivity contribution in [2.45, 2.75) is 31.3 Å². The summed E-state index contributed by atoms with van der Waals surface area (Å²) in [6.45, 7) is 6.27. The van der Waals surface area contributed by atoms with Gasteiger partial charge in [0, 0.05) is 36.7 Å². The average molecular weight is 465 g/mol. The van der Waals surface area contributed by atoms with Crippen LogP contribution in [0.1, 0.15) is 20.8 Å². The van der Waals surface area contributed by atoms with Crippen LogP contribution >= 0.6 is 15.9 Å². The molecule has 8 nitrogen and oxygen atoms in total. The topological polar surface area (TPSA) is 85.4 Å². The molecule has 27 heavy (non-hydrogen) atoms. The predicted molar refractivity (Wildman–Crippen MR) is 104 cm³/mol. The Balaban J connectivity index is 2.17. The van der Waals surface area contributed by atoms with Gasteiger partial charge in [0.05, 0.1) is 14.2 Å². The number of hydrogen-bond donors (Lipinski definition) is 0. The second-order valence-electron chi connectivity index (χ2n) is 7.01. The summed E-state index contributed by atoms with van der Waals surface area (Å²) < 4.78 is 43.6. The number of rotatable bonds is 4. The minimum Gasteiger partial charge on any atom is -0.493 e. The van der Waals surface area contributed by atoms with Gasteiger partial charge in [0.2, 0.25) is 10.0 Å². The Kier molecular flexibility index (Phi) is 6.64. The number of ether oxygens (including phenoxy) is 3. The quantitative estimate of drug-likeness (QED) is 0.680. The van der Waals surface area contributed by atoms with E-state index in [0.29, 0.717) is 16.0 Å². The first-order valence-electron chi connectivity index (χ1n) is 8.39. The van der Waals surface area contributed by atoms with E-state index in [1.54, 1.807) is 26.8 Å². The maximum absolute atomic E-state index is 13.0. The Hall–Kier alpha value is -1.52. The van der Waals surface area contributed by atoms with Gasteiger partial charge in [-0.15, -0.1) is 0 Å². The average Bonchev–Trinajstić information content (AvgIpc) is 2.59. The smallest absolute Gasteiger partial charge is 0.410 e. The van der Waals surface area contributed by atoms with E-state index in [9.17, 15) is 13.2 Å². The summed E-state index contributed by atoms with van der Waals surface area (Å²) in [7, 11) is -0.836. The molecule has 0 N–H and O–H groups in total. The van der Waals surface area contributed by atoms with E-state index in [0.717, 1.165) is 0 Å². The predicted octanol–water partition coefficient (Wildman–Crippen LogP) is 2.71. The second-order valence-corrected chi connectivity index (χ2v) is 9.77. The van der Waals surface area contributed by atoms with E-state index in [1.807, 2.05) is 0 Å². The van der Waals surface area contributed by atoms with Crippen LogP contribution in [0.15, 0.2) is 21.5 Å². The molecular weight excluding hydrogens is 440 g/mol. The third kappa shape index (κ3) is 5.05. The van der Waals surface area contributed by atoms with E-state index < -0.39 is 21.7 Å². The van der Waals surface area contributed by atoms with Crippen molar-refractivity contribution in [1.29, 1.82) is 0 Å². The van der Waals surface area contributed by atoms with Crippen LogP contribution in [0, 0.1) is 0 Å². The lowest BCUT2D eigenvalue weighted by molar-refractivity contribution is 0.0192. The summed E-state index contributed by atoms with van der Waals surface area (Å²) >= 11 is 3.30. The van der Waals surface area contributed by atoms with Crippen molar-refractivity contribution >= 4 is 32.0 Å². The molecule has 1 amide bonds. The second kappa shape index (κ2) is 8.24. The van der Waals surface area contributed by atoms with Crippen LogP contribution in [0.4, 0.5) is 4.79 Å². The van der Waals surface area contributed by atoms with E-state index >= 15 is 0 Å². The van der Waals surface area contributed by atoms with Crippen molar-refractivity contribution in [2.24, 2.45) is 0 Å². The fourth-order valence-electron chi connectivity index (χ4n) is 2.61.